The molecule has 0 bridgehead atoms. The number of anilines is 1. The van der Waals surface area contributed by atoms with Gasteiger partial charge in [-0.05, 0) is 64.7 Å². The van der Waals surface area contributed by atoms with Crippen molar-refractivity contribution in [2.24, 2.45) is 0 Å². The number of nitro benzene ring substituents is 1. The number of nitrogens with zero attached hydrogens (tertiary/aromatic N) is 1. The third-order valence-electron chi connectivity index (χ3n) is 4.80. The van der Waals surface area contributed by atoms with Crippen LogP contribution in [0.1, 0.15) is 16.7 Å². The molecular formula is C23H17N3O3S. The Kier molecular flexibility index (Phi) is 5.36. The number of nitrogens with one attached hydrogen (secondary N) is 2. The van der Waals surface area contributed by atoms with Crippen LogP contribution in [0, 0.1) is 10.1 Å². The molecule has 4 rings (SSSR count). The minimum absolute atomic E-state index is 0.0338. The molecule has 0 unspecified atom stereocenters. The predicted octanol–water partition coefficient (Wildman–Crippen LogP) is 4.69. The number of hydrogen-bond acceptors (Lipinski definition) is 4. The molecule has 3 aromatic rings. The van der Waals surface area contributed by atoms with Crippen LogP contribution in [-0.4, -0.2) is 15.9 Å². The zero-order valence-electron chi connectivity index (χ0n) is 15.8. The quantitative estimate of drug-likeness (QED) is 0.219. The average molecular weight is 415 g/mol. The molecule has 0 saturated carbocycles. The van der Waals surface area contributed by atoms with Crippen molar-refractivity contribution >= 4 is 40.7 Å². The number of thiocarbonyl (C=S) groups is 1. The summed E-state index contributed by atoms with van der Waals surface area (Å²) in [6, 6.07) is 20.4. The lowest BCUT2D eigenvalue weighted by Crippen LogP contribution is -2.32. The van der Waals surface area contributed by atoms with E-state index in [1.54, 1.807) is 12.1 Å². The van der Waals surface area contributed by atoms with E-state index >= 15 is 0 Å². The highest BCUT2D eigenvalue weighted by Crippen LogP contribution is 2.37. The second kappa shape index (κ2) is 8.26. The van der Waals surface area contributed by atoms with Crippen LogP contribution in [-0.2, 0) is 11.2 Å². The van der Waals surface area contributed by atoms with Crippen LogP contribution in [0.4, 0.5) is 11.4 Å². The molecule has 0 atom stereocenters. The van der Waals surface area contributed by atoms with Gasteiger partial charge in [0.1, 0.15) is 0 Å². The lowest BCUT2D eigenvalue weighted by Gasteiger charge is -2.10. The van der Waals surface area contributed by atoms with Crippen molar-refractivity contribution in [3.05, 3.63) is 99.6 Å². The van der Waals surface area contributed by atoms with E-state index in [-0.39, 0.29) is 10.8 Å². The van der Waals surface area contributed by atoms with Gasteiger partial charge in [0.05, 0.1) is 4.92 Å². The van der Waals surface area contributed by atoms with Crippen LogP contribution < -0.4 is 10.6 Å². The SMILES string of the molecule is O=C(C=Cc1cccc([N+](=O)[O-])c1)NC(=S)Nc1ccc2c(c1)Cc1ccccc1-2. The lowest BCUT2D eigenvalue weighted by molar-refractivity contribution is -0.384. The van der Waals surface area contributed by atoms with E-state index in [9.17, 15) is 14.9 Å². The summed E-state index contributed by atoms with van der Waals surface area (Å²) in [5.74, 6) is -0.424. The minimum atomic E-state index is -0.481. The molecule has 0 fully saturated rings. The maximum Gasteiger partial charge on any atom is 0.270 e. The fourth-order valence-corrected chi connectivity index (χ4v) is 3.67. The van der Waals surface area contributed by atoms with E-state index in [4.69, 9.17) is 12.2 Å². The van der Waals surface area contributed by atoms with E-state index in [0.717, 1.165) is 12.1 Å². The molecule has 0 radical (unpaired) electrons. The number of carbonyl (C=O) groups is 1. The van der Waals surface area contributed by atoms with Crippen LogP contribution in [0.15, 0.2) is 72.8 Å². The van der Waals surface area contributed by atoms with Crippen LogP contribution >= 0.6 is 12.2 Å². The summed E-state index contributed by atoms with van der Waals surface area (Å²) in [4.78, 5) is 22.5. The molecule has 1 amide bonds. The highest BCUT2D eigenvalue weighted by atomic mass is 32.1. The molecule has 148 valence electrons. The first-order valence-corrected chi connectivity index (χ1v) is 9.66. The second-order valence-corrected chi connectivity index (χ2v) is 7.24. The Balaban J connectivity index is 1.37. The van der Waals surface area contributed by atoms with Crippen molar-refractivity contribution in [2.45, 2.75) is 6.42 Å². The predicted molar refractivity (Wildman–Crippen MR) is 121 cm³/mol. The normalized spacial score (nSPS) is 11.6. The Hall–Kier alpha value is -3.84. The van der Waals surface area contributed by atoms with Crippen molar-refractivity contribution < 1.29 is 9.72 Å². The van der Waals surface area contributed by atoms with Crippen LogP contribution in [0.2, 0.25) is 0 Å². The van der Waals surface area contributed by atoms with Crippen LogP contribution in [0.25, 0.3) is 17.2 Å². The Labute approximate surface area is 178 Å². The van der Waals surface area contributed by atoms with E-state index in [1.165, 1.54) is 46.5 Å². The summed E-state index contributed by atoms with van der Waals surface area (Å²) in [7, 11) is 0. The summed E-state index contributed by atoms with van der Waals surface area (Å²) in [6.45, 7) is 0. The van der Waals surface area contributed by atoms with Gasteiger partial charge in [-0.2, -0.15) is 0 Å². The average Bonchev–Trinajstić information content (AvgIpc) is 3.10. The van der Waals surface area contributed by atoms with Gasteiger partial charge in [-0.3, -0.25) is 20.2 Å². The van der Waals surface area contributed by atoms with Gasteiger partial charge in [0, 0.05) is 23.9 Å². The zero-order valence-corrected chi connectivity index (χ0v) is 16.6. The highest BCUT2D eigenvalue weighted by Gasteiger charge is 2.18. The lowest BCUT2D eigenvalue weighted by atomic mass is 10.1. The topological polar surface area (TPSA) is 84.3 Å². The Bertz CT molecular complexity index is 1200. The van der Waals surface area contributed by atoms with Gasteiger partial charge >= 0.3 is 0 Å². The molecule has 1 aliphatic carbocycles. The first kappa shape index (κ1) is 19.5. The number of rotatable bonds is 4. The number of benzene rings is 3. The van der Waals surface area contributed by atoms with Crippen LogP contribution in [0.3, 0.4) is 0 Å². The van der Waals surface area contributed by atoms with Crippen molar-refractivity contribution in [3.8, 4) is 11.1 Å². The van der Waals surface area contributed by atoms with Gasteiger partial charge in [0.2, 0.25) is 5.91 Å². The monoisotopic (exact) mass is 415 g/mol. The Morgan fingerprint density at radius 3 is 2.63 bits per heavy atom. The molecule has 3 aromatic carbocycles. The maximum absolute atomic E-state index is 12.1. The number of hydrogen-bond donors (Lipinski definition) is 2. The van der Waals surface area contributed by atoms with Crippen molar-refractivity contribution in [1.82, 2.24) is 5.32 Å². The molecule has 0 heterocycles. The Morgan fingerprint density at radius 2 is 1.80 bits per heavy atom. The minimum Gasteiger partial charge on any atom is -0.332 e. The number of non-ortho nitro benzene ring substituents is 1. The number of amides is 1. The molecule has 0 aliphatic heterocycles. The number of carbonyl (C=O) groups excluding carboxylic acids is 1. The molecule has 1 aliphatic rings. The van der Waals surface area contributed by atoms with Crippen molar-refractivity contribution in [1.29, 1.82) is 0 Å². The zero-order chi connectivity index (χ0) is 21.1. The Morgan fingerprint density at radius 1 is 1.00 bits per heavy atom. The van der Waals surface area contributed by atoms with Crippen molar-refractivity contribution in [3.63, 3.8) is 0 Å². The molecular weight excluding hydrogens is 398 g/mol. The molecule has 30 heavy (non-hydrogen) atoms. The van der Waals surface area contributed by atoms with E-state index in [2.05, 4.69) is 28.8 Å². The first-order chi connectivity index (χ1) is 14.5. The van der Waals surface area contributed by atoms with E-state index in [1.807, 2.05) is 24.3 Å². The molecule has 0 aromatic heterocycles. The fraction of sp³-hybridized carbons (Fsp3) is 0.0435. The van der Waals surface area contributed by atoms with Gasteiger partial charge < -0.3 is 5.32 Å². The second-order valence-electron chi connectivity index (χ2n) is 6.83. The third-order valence-corrected chi connectivity index (χ3v) is 5.00. The highest BCUT2D eigenvalue weighted by molar-refractivity contribution is 7.80. The molecule has 0 saturated heterocycles. The van der Waals surface area contributed by atoms with Gasteiger partial charge in [0.25, 0.3) is 5.69 Å². The van der Waals surface area contributed by atoms with Gasteiger partial charge in [-0.25, -0.2) is 0 Å². The molecule has 0 spiro atoms. The summed E-state index contributed by atoms with van der Waals surface area (Å²) in [6.07, 6.45) is 3.65. The van der Waals surface area contributed by atoms with Crippen molar-refractivity contribution in [2.75, 3.05) is 5.32 Å². The molecule has 6 nitrogen and oxygen atoms in total. The van der Waals surface area contributed by atoms with Crippen LogP contribution in [0.5, 0.6) is 0 Å². The fourth-order valence-electron chi connectivity index (χ4n) is 3.45. The first-order valence-electron chi connectivity index (χ1n) is 9.25. The van der Waals surface area contributed by atoms with E-state index < -0.39 is 10.8 Å². The van der Waals surface area contributed by atoms with Gasteiger partial charge in [0.15, 0.2) is 5.11 Å². The largest absolute Gasteiger partial charge is 0.332 e. The summed E-state index contributed by atoms with van der Waals surface area (Å²) < 4.78 is 0. The third kappa shape index (κ3) is 4.26. The van der Waals surface area contributed by atoms with Gasteiger partial charge in [-0.1, -0.05) is 42.5 Å². The maximum atomic E-state index is 12.1. The van der Waals surface area contributed by atoms with Gasteiger partial charge in [-0.15, -0.1) is 0 Å². The summed E-state index contributed by atoms with van der Waals surface area (Å²) in [5, 5.41) is 16.6. The molecule has 2 N–H and O–H groups in total. The molecule has 7 heteroatoms. The van der Waals surface area contributed by atoms with E-state index in [0.29, 0.717) is 5.56 Å². The number of nitro groups is 1. The summed E-state index contributed by atoms with van der Waals surface area (Å²) >= 11 is 5.23. The smallest absolute Gasteiger partial charge is 0.270 e. The number of fused-ring (bicyclic) bond motifs is 3. The summed E-state index contributed by atoms with van der Waals surface area (Å²) in [5.41, 5.74) is 6.29. The standard InChI is InChI=1S/C23H17N3O3S/c27-22(11-8-15-4-3-6-19(12-15)26(28)29)25-23(30)24-18-9-10-21-17(14-18)13-16-5-1-2-7-20(16)21/h1-12,14H,13H2,(H2,24,25,27,30).